The molecule has 0 aromatic heterocycles. The predicted molar refractivity (Wildman–Crippen MR) is 58.0 cm³/mol. The molecule has 0 spiro atoms. The summed E-state index contributed by atoms with van der Waals surface area (Å²) in [6.07, 6.45) is 0.447. The Labute approximate surface area is 93.8 Å². The van der Waals surface area contributed by atoms with Crippen molar-refractivity contribution >= 4 is 5.97 Å². The van der Waals surface area contributed by atoms with Crippen LogP contribution in [0.1, 0.15) is 28.4 Å². The van der Waals surface area contributed by atoms with Crippen LogP contribution >= 0.6 is 0 Å². The highest BCUT2D eigenvalue weighted by molar-refractivity contribution is 5.96. The summed E-state index contributed by atoms with van der Waals surface area (Å²) in [7, 11) is 1.47. The van der Waals surface area contributed by atoms with E-state index in [1.807, 2.05) is 6.92 Å². The van der Waals surface area contributed by atoms with Crippen molar-refractivity contribution in [3.8, 4) is 11.5 Å². The van der Waals surface area contributed by atoms with Crippen molar-refractivity contribution in [1.29, 1.82) is 0 Å². The molecule has 0 saturated carbocycles. The van der Waals surface area contributed by atoms with Gasteiger partial charge in [-0.15, -0.1) is 0 Å². The van der Waals surface area contributed by atoms with Crippen LogP contribution in [0.4, 0.5) is 0 Å². The van der Waals surface area contributed by atoms with Crippen LogP contribution in [0.5, 0.6) is 11.5 Å². The number of phenols is 1. The number of carbonyl (C=O) groups is 1. The lowest BCUT2D eigenvalue weighted by atomic mass is 9.93. The molecule has 86 valence electrons. The van der Waals surface area contributed by atoms with Gasteiger partial charge in [0.05, 0.1) is 7.11 Å². The van der Waals surface area contributed by atoms with Gasteiger partial charge in [0.2, 0.25) is 0 Å². The Balaban J connectivity index is 2.68. The molecule has 1 heterocycles. The monoisotopic (exact) mass is 222 g/mol. The number of aromatic hydroxyl groups is 1. The molecule has 0 radical (unpaired) electrons. The van der Waals surface area contributed by atoms with E-state index in [1.165, 1.54) is 13.2 Å². The van der Waals surface area contributed by atoms with E-state index < -0.39 is 0 Å². The molecule has 0 aliphatic carbocycles. The number of fused-ring (bicyclic) bond motifs is 1. The number of hydrogen-bond donors (Lipinski definition) is 1. The molecule has 1 aliphatic heterocycles. The molecule has 2 rings (SSSR count). The van der Waals surface area contributed by atoms with Crippen LogP contribution in [0, 0.1) is 6.92 Å². The fourth-order valence-electron chi connectivity index (χ4n) is 2.01. The first kappa shape index (κ1) is 10.8. The number of carbonyl (C=O) groups excluding carboxylic acids is 1. The zero-order valence-electron chi connectivity index (χ0n) is 9.53. The maximum Gasteiger partial charge on any atom is 0.342 e. The second kappa shape index (κ2) is 3.70. The minimum atomic E-state index is -0.381. The zero-order valence-corrected chi connectivity index (χ0v) is 9.53. The molecule has 0 amide bonds. The van der Waals surface area contributed by atoms with Gasteiger partial charge in [-0.1, -0.05) is 0 Å². The first-order valence-electron chi connectivity index (χ1n) is 5.15. The molecule has 0 fully saturated rings. The van der Waals surface area contributed by atoms with Gasteiger partial charge < -0.3 is 14.6 Å². The summed E-state index contributed by atoms with van der Waals surface area (Å²) >= 11 is 0. The van der Waals surface area contributed by atoms with Gasteiger partial charge in [-0.05, 0) is 25.0 Å². The molecule has 1 atom stereocenters. The quantitative estimate of drug-likeness (QED) is 0.736. The number of methoxy groups -OCH3 is 1. The number of ether oxygens (including phenoxy) is 2. The highest BCUT2D eigenvalue weighted by Gasteiger charge is 2.29. The third-order valence-electron chi connectivity index (χ3n) is 2.88. The Morgan fingerprint density at radius 1 is 1.56 bits per heavy atom. The van der Waals surface area contributed by atoms with Gasteiger partial charge in [-0.25, -0.2) is 4.79 Å². The van der Waals surface area contributed by atoms with Gasteiger partial charge >= 0.3 is 5.97 Å². The van der Waals surface area contributed by atoms with Crippen LogP contribution in [-0.2, 0) is 11.2 Å². The number of phenolic OH excluding ortho intramolecular Hbond substituents is 1. The summed E-state index contributed by atoms with van der Waals surface area (Å²) in [5.74, 6) is 0.140. The van der Waals surface area contributed by atoms with Crippen molar-refractivity contribution in [2.75, 3.05) is 7.11 Å². The third-order valence-corrected chi connectivity index (χ3v) is 2.88. The predicted octanol–water partition coefficient (Wildman–Crippen LogP) is 1.81. The number of hydrogen-bond acceptors (Lipinski definition) is 4. The number of esters is 1. The first-order valence-corrected chi connectivity index (χ1v) is 5.15. The lowest BCUT2D eigenvalue weighted by molar-refractivity contribution is 0.0295. The van der Waals surface area contributed by atoms with E-state index in [1.54, 1.807) is 6.92 Å². The molecule has 16 heavy (non-hydrogen) atoms. The van der Waals surface area contributed by atoms with Crippen LogP contribution in [0.25, 0.3) is 0 Å². The van der Waals surface area contributed by atoms with E-state index in [2.05, 4.69) is 0 Å². The van der Waals surface area contributed by atoms with Gasteiger partial charge in [0.1, 0.15) is 23.2 Å². The summed E-state index contributed by atoms with van der Waals surface area (Å²) in [4.78, 5) is 11.8. The molecular formula is C12H14O4. The fraction of sp³-hybridized carbons (Fsp3) is 0.417. The Kier molecular flexibility index (Phi) is 2.50. The minimum absolute atomic E-state index is 0.150. The minimum Gasteiger partial charge on any atom is -0.508 e. The van der Waals surface area contributed by atoms with E-state index in [0.717, 1.165) is 11.1 Å². The third kappa shape index (κ3) is 1.50. The molecule has 0 saturated heterocycles. The van der Waals surface area contributed by atoms with Crippen molar-refractivity contribution in [3.63, 3.8) is 0 Å². The van der Waals surface area contributed by atoms with E-state index in [9.17, 15) is 9.90 Å². The average Bonchev–Trinajstić information content (AvgIpc) is 2.23. The fourth-order valence-corrected chi connectivity index (χ4v) is 2.01. The molecule has 1 N–H and O–H groups in total. The van der Waals surface area contributed by atoms with E-state index in [-0.39, 0.29) is 17.8 Å². The summed E-state index contributed by atoms with van der Waals surface area (Å²) in [5, 5.41) is 9.73. The SMILES string of the molecule is COc1cc(O)c(C)c2c1C(=O)OC(C)C2. The van der Waals surface area contributed by atoms with Gasteiger partial charge in [-0.3, -0.25) is 0 Å². The highest BCUT2D eigenvalue weighted by atomic mass is 16.5. The van der Waals surface area contributed by atoms with Crippen molar-refractivity contribution in [2.45, 2.75) is 26.4 Å². The molecule has 1 aromatic carbocycles. The summed E-state index contributed by atoms with van der Waals surface area (Å²) in [6, 6.07) is 1.45. The maximum atomic E-state index is 11.8. The topological polar surface area (TPSA) is 55.8 Å². The normalized spacial score (nSPS) is 18.9. The van der Waals surface area contributed by atoms with Gasteiger partial charge in [-0.2, -0.15) is 0 Å². The molecule has 1 aliphatic rings. The zero-order chi connectivity index (χ0) is 11.9. The molecule has 1 aromatic rings. The highest BCUT2D eigenvalue weighted by Crippen LogP contribution is 2.36. The Bertz CT molecular complexity index is 451. The molecule has 4 heteroatoms. The summed E-state index contributed by atoms with van der Waals surface area (Å²) in [5.41, 5.74) is 1.98. The van der Waals surface area contributed by atoms with Crippen LogP contribution in [0.3, 0.4) is 0 Å². The van der Waals surface area contributed by atoms with Crippen LogP contribution in [0.15, 0.2) is 6.07 Å². The first-order chi connectivity index (χ1) is 7.54. The Morgan fingerprint density at radius 2 is 2.25 bits per heavy atom. The van der Waals surface area contributed by atoms with Crippen molar-refractivity contribution in [1.82, 2.24) is 0 Å². The molecular weight excluding hydrogens is 208 g/mol. The van der Waals surface area contributed by atoms with E-state index >= 15 is 0 Å². The second-order valence-corrected chi connectivity index (χ2v) is 4.00. The van der Waals surface area contributed by atoms with E-state index in [4.69, 9.17) is 9.47 Å². The lowest BCUT2D eigenvalue weighted by Crippen LogP contribution is -2.26. The number of benzene rings is 1. The molecule has 4 nitrogen and oxygen atoms in total. The standard InChI is InChI=1S/C12H14O4/c1-6-4-8-7(2)9(13)5-10(15-3)11(8)12(14)16-6/h5-6,13H,4H2,1-3H3. The Hall–Kier alpha value is -1.71. The van der Waals surface area contributed by atoms with Crippen LogP contribution in [-0.4, -0.2) is 24.3 Å². The number of cyclic esters (lactones) is 1. The van der Waals surface area contributed by atoms with Crippen LogP contribution in [0.2, 0.25) is 0 Å². The second-order valence-electron chi connectivity index (χ2n) is 4.00. The molecule has 0 bridgehead atoms. The van der Waals surface area contributed by atoms with Crippen LogP contribution < -0.4 is 4.74 Å². The van der Waals surface area contributed by atoms with Crippen molar-refractivity contribution in [3.05, 3.63) is 22.8 Å². The van der Waals surface area contributed by atoms with Crippen molar-refractivity contribution in [2.24, 2.45) is 0 Å². The molecule has 1 unspecified atom stereocenters. The summed E-state index contributed by atoms with van der Waals surface area (Å²) in [6.45, 7) is 3.62. The Morgan fingerprint density at radius 3 is 2.88 bits per heavy atom. The van der Waals surface area contributed by atoms with E-state index in [0.29, 0.717) is 17.7 Å². The van der Waals surface area contributed by atoms with Gasteiger partial charge in [0, 0.05) is 12.5 Å². The largest absolute Gasteiger partial charge is 0.508 e. The van der Waals surface area contributed by atoms with Gasteiger partial charge in [0.25, 0.3) is 0 Å². The number of rotatable bonds is 1. The van der Waals surface area contributed by atoms with Crippen molar-refractivity contribution < 1.29 is 19.4 Å². The lowest BCUT2D eigenvalue weighted by Gasteiger charge is -2.25. The summed E-state index contributed by atoms with van der Waals surface area (Å²) < 4.78 is 10.2. The van der Waals surface area contributed by atoms with Gasteiger partial charge in [0.15, 0.2) is 0 Å². The maximum absolute atomic E-state index is 11.8. The smallest absolute Gasteiger partial charge is 0.342 e. The average molecular weight is 222 g/mol.